The molecule has 2 saturated heterocycles. The summed E-state index contributed by atoms with van der Waals surface area (Å²) in [5.41, 5.74) is 0. The lowest BCUT2D eigenvalue weighted by molar-refractivity contribution is -0.332. The van der Waals surface area contributed by atoms with Crippen LogP contribution in [0.1, 0.15) is 168 Å². The van der Waals surface area contributed by atoms with E-state index in [0.717, 1.165) is 116 Å². The number of allylic oxidation sites excluding steroid dienone is 18. The van der Waals surface area contributed by atoms with Gasteiger partial charge in [-0.15, -0.1) is 0 Å². The van der Waals surface area contributed by atoms with Crippen LogP contribution in [0.5, 0.6) is 0 Å². The average molecular weight is 1060 g/mol. The SMILES string of the molecule is CC/C=C\C/C=C\C/C=C\C/C=C\C/C=C\CCCCCCOCC(COC1OC(COC2OC(CO)C(O)C(O)C2O)C(O)C(O)C1O)OC(=O)CCCCCCCCCC/C=C\C/C=C\C/C=C\C/C=C\CC. The van der Waals surface area contributed by atoms with Crippen molar-refractivity contribution in [1.29, 1.82) is 0 Å². The quantitative estimate of drug-likeness (QED) is 0.0172. The second-order valence-corrected chi connectivity index (χ2v) is 19.3. The van der Waals surface area contributed by atoms with Crippen LogP contribution in [0.3, 0.4) is 0 Å². The van der Waals surface area contributed by atoms with E-state index in [-0.39, 0.29) is 19.6 Å². The minimum Gasteiger partial charge on any atom is -0.457 e. The van der Waals surface area contributed by atoms with Gasteiger partial charge in [-0.1, -0.05) is 175 Å². The van der Waals surface area contributed by atoms with Gasteiger partial charge in [0, 0.05) is 13.0 Å². The molecule has 14 heteroatoms. The van der Waals surface area contributed by atoms with E-state index in [1.165, 1.54) is 25.7 Å². The molecule has 2 aliphatic rings. The first-order chi connectivity index (χ1) is 36.6. The van der Waals surface area contributed by atoms with E-state index in [0.29, 0.717) is 13.0 Å². The van der Waals surface area contributed by atoms with Crippen LogP contribution in [0.15, 0.2) is 109 Å². The number of esters is 1. The van der Waals surface area contributed by atoms with Crippen LogP contribution in [0.4, 0.5) is 0 Å². The van der Waals surface area contributed by atoms with Crippen LogP contribution < -0.4 is 0 Å². The normalized spacial score (nSPS) is 25.5. The van der Waals surface area contributed by atoms with Crippen molar-refractivity contribution in [3.8, 4) is 0 Å². The Kier molecular flexibility index (Phi) is 42.2. The molecule has 11 atom stereocenters. The van der Waals surface area contributed by atoms with Gasteiger partial charge < -0.3 is 64.2 Å². The van der Waals surface area contributed by atoms with Crippen LogP contribution in [0.25, 0.3) is 0 Å². The number of hydrogen-bond donors (Lipinski definition) is 7. The largest absolute Gasteiger partial charge is 0.457 e. The summed E-state index contributed by atoms with van der Waals surface area (Å²) in [7, 11) is 0. The van der Waals surface area contributed by atoms with Crippen molar-refractivity contribution in [3.63, 3.8) is 0 Å². The number of carbonyl (C=O) groups is 1. The summed E-state index contributed by atoms with van der Waals surface area (Å²) in [6.07, 6.45) is 47.1. The maximum atomic E-state index is 13.1. The molecular weight excluding hydrogens is 957 g/mol. The number of carbonyl (C=O) groups excluding carboxylic acids is 1. The average Bonchev–Trinajstić information content (AvgIpc) is 3.41. The van der Waals surface area contributed by atoms with E-state index in [1.807, 2.05) is 0 Å². The zero-order valence-electron chi connectivity index (χ0n) is 45.7. The number of ether oxygens (including phenoxy) is 6. The highest BCUT2D eigenvalue weighted by molar-refractivity contribution is 5.69. The monoisotopic (exact) mass is 1060 g/mol. The Bertz CT molecular complexity index is 1650. The Morgan fingerprint density at radius 1 is 0.440 bits per heavy atom. The molecule has 0 aromatic rings. The zero-order valence-corrected chi connectivity index (χ0v) is 45.7. The molecule has 2 fully saturated rings. The minimum atomic E-state index is -1.72. The molecule has 2 aliphatic heterocycles. The first kappa shape index (κ1) is 67.8. The van der Waals surface area contributed by atoms with Crippen molar-refractivity contribution in [2.45, 2.75) is 235 Å². The first-order valence-corrected chi connectivity index (χ1v) is 28.5. The molecule has 0 aromatic heterocycles. The fourth-order valence-electron chi connectivity index (χ4n) is 8.24. The molecule has 0 radical (unpaired) electrons. The summed E-state index contributed by atoms with van der Waals surface area (Å²) in [5, 5.41) is 72.3. The van der Waals surface area contributed by atoms with Gasteiger partial charge in [0.05, 0.1) is 26.4 Å². The smallest absolute Gasteiger partial charge is 0.306 e. The van der Waals surface area contributed by atoms with Crippen LogP contribution in [0.2, 0.25) is 0 Å². The third-order valence-corrected chi connectivity index (χ3v) is 12.8. The highest BCUT2D eigenvalue weighted by Gasteiger charge is 2.47. The Morgan fingerprint density at radius 3 is 1.29 bits per heavy atom. The lowest BCUT2D eigenvalue weighted by Crippen LogP contribution is -2.61. The lowest BCUT2D eigenvalue weighted by atomic mass is 9.98. The maximum Gasteiger partial charge on any atom is 0.306 e. The van der Waals surface area contributed by atoms with Gasteiger partial charge in [-0.05, 0) is 96.3 Å². The highest BCUT2D eigenvalue weighted by Crippen LogP contribution is 2.26. The fraction of sp³-hybridized carbons (Fsp3) is 0.689. The number of unbranched alkanes of at least 4 members (excludes halogenated alkanes) is 12. The Balaban J connectivity index is 1.75. The van der Waals surface area contributed by atoms with Gasteiger partial charge in [0.1, 0.15) is 54.9 Å². The molecule has 0 aliphatic carbocycles. The molecule has 7 N–H and O–H groups in total. The first-order valence-electron chi connectivity index (χ1n) is 28.5. The molecule has 428 valence electrons. The topological polar surface area (TPSA) is 214 Å². The predicted octanol–water partition coefficient (Wildman–Crippen LogP) is 9.96. The summed E-state index contributed by atoms with van der Waals surface area (Å²) in [5.74, 6) is -0.399. The van der Waals surface area contributed by atoms with E-state index in [4.69, 9.17) is 28.4 Å². The summed E-state index contributed by atoms with van der Waals surface area (Å²) in [6.45, 7) is 3.37. The summed E-state index contributed by atoms with van der Waals surface area (Å²) in [4.78, 5) is 13.1. The number of aliphatic hydroxyl groups is 7. The van der Waals surface area contributed by atoms with Gasteiger partial charge in [-0.2, -0.15) is 0 Å². The number of aliphatic hydroxyl groups excluding tert-OH is 7. The van der Waals surface area contributed by atoms with E-state index >= 15 is 0 Å². The van der Waals surface area contributed by atoms with Crippen molar-refractivity contribution < 1.29 is 69.0 Å². The molecule has 2 rings (SSSR count). The Labute approximate surface area is 451 Å². The molecule has 0 aromatic carbocycles. The van der Waals surface area contributed by atoms with Gasteiger partial charge in [0.2, 0.25) is 0 Å². The lowest BCUT2D eigenvalue weighted by Gasteiger charge is -2.42. The Hall–Kier alpha value is -3.35. The van der Waals surface area contributed by atoms with E-state index in [9.17, 15) is 40.5 Å². The predicted molar refractivity (Wildman–Crippen MR) is 297 cm³/mol. The molecule has 0 bridgehead atoms. The molecule has 75 heavy (non-hydrogen) atoms. The molecule has 11 unspecified atom stereocenters. The van der Waals surface area contributed by atoms with Gasteiger partial charge in [0.25, 0.3) is 0 Å². The van der Waals surface area contributed by atoms with Crippen LogP contribution in [-0.4, -0.2) is 142 Å². The Morgan fingerprint density at radius 2 is 0.827 bits per heavy atom. The summed E-state index contributed by atoms with van der Waals surface area (Å²) < 4.78 is 34.3. The number of rotatable bonds is 44. The van der Waals surface area contributed by atoms with Gasteiger partial charge in [-0.3, -0.25) is 4.79 Å². The van der Waals surface area contributed by atoms with Crippen molar-refractivity contribution in [1.82, 2.24) is 0 Å². The van der Waals surface area contributed by atoms with E-state index in [2.05, 4.69) is 123 Å². The fourth-order valence-corrected chi connectivity index (χ4v) is 8.24. The third-order valence-electron chi connectivity index (χ3n) is 12.8. The maximum absolute atomic E-state index is 13.1. The molecule has 2 heterocycles. The number of hydrogen-bond acceptors (Lipinski definition) is 14. The summed E-state index contributed by atoms with van der Waals surface area (Å²) >= 11 is 0. The van der Waals surface area contributed by atoms with Crippen LogP contribution in [-0.2, 0) is 33.2 Å². The van der Waals surface area contributed by atoms with Gasteiger partial charge >= 0.3 is 5.97 Å². The zero-order chi connectivity index (χ0) is 54.4. The second kappa shape index (κ2) is 46.7. The highest BCUT2D eigenvalue weighted by atomic mass is 16.7. The second-order valence-electron chi connectivity index (χ2n) is 19.3. The van der Waals surface area contributed by atoms with Gasteiger partial charge in [0.15, 0.2) is 12.6 Å². The molecule has 14 nitrogen and oxygen atoms in total. The molecular formula is C61H100O14. The van der Waals surface area contributed by atoms with E-state index in [1.54, 1.807) is 0 Å². The van der Waals surface area contributed by atoms with E-state index < -0.39 is 86.7 Å². The van der Waals surface area contributed by atoms with Crippen molar-refractivity contribution in [2.24, 2.45) is 0 Å². The van der Waals surface area contributed by atoms with Crippen LogP contribution in [0, 0.1) is 0 Å². The summed E-state index contributed by atoms with van der Waals surface area (Å²) in [6, 6.07) is 0. The van der Waals surface area contributed by atoms with Crippen molar-refractivity contribution in [3.05, 3.63) is 109 Å². The standard InChI is InChI=1S/C61H100O14/c1-3-5-7-9-11-13-15-17-19-21-23-25-26-28-30-32-34-36-38-40-42-44-53(63)73-50(47-70-45-43-41-39-37-35-33-31-29-27-24-22-20-18-16-14-12-10-8-6-4-2)48-71-60-59(69)57(67)55(65)52(75-60)49-72-61-58(68)56(66)54(64)51(46-62)74-61/h5-8,11-14,17-20,23-25,27,31,33,50-52,54-62,64-69H,3-4,9-10,15-16,21-22,26,28-30,32,34-49H2,1-2H3/b7-5-,8-6-,13-11-,14-12-,19-17-,20-18-,25-23-,27-24-,33-31-. The molecule has 0 spiro atoms. The molecule has 0 saturated carbocycles. The minimum absolute atomic E-state index is 0.0334. The molecule has 0 amide bonds. The third kappa shape index (κ3) is 33.5. The van der Waals surface area contributed by atoms with Gasteiger partial charge in [-0.25, -0.2) is 0 Å². The van der Waals surface area contributed by atoms with Crippen LogP contribution >= 0.6 is 0 Å². The van der Waals surface area contributed by atoms with Crippen molar-refractivity contribution >= 4 is 5.97 Å². The van der Waals surface area contributed by atoms with Crippen molar-refractivity contribution in [2.75, 3.05) is 33.0 Å².